The van der Waals surface area contributed by atoms with Gasteiger partial charge < -0.3 is 14.8 Å². The molecular formula is C16H13F3N2O5S. The summed E-state index contributed by atoms with van der Waals surface area (Å²) in [5.74, 6) is -2.24. The molecule has 1 aliphatic rings. The zero-order chi connectivity index (χ0) is 19.8. The highest BCUT2D eigenvalue weighted by Crippen LogP contribution is 2.42. The number of anilines is 1. The first kappa shape index (κ1) is 19.0. The Labute approximate surface area is 152 Å². The van der Waals surface area contributed by atoms with Crippen LogP contribution in [0.3, 0.4) is 0 Å². The van der Waals surface area contributed by atoms with Crippen molar-refractivity contribution in [3.8, 4) is 11.5 Å². The minimum atomic E-state index is -4.28. The lowest BCUT2D eigenvalue weighted by molar-refractivity contribution is -0.286. The fraction of sp³-hybridized carbons (Fsp3) is 0.188. The molecule has 0 saturated carbocycles. The van der Waals surface area contributed by atoms with Crippen LogP contribution in [0.1, 0.15) is 6.92 Å². The number of carbonyl (C=O) groups excluding carboxylic acids is 1. The molecule has 0 radical (unpaired) electrons. The van der Waals surface area contributed by atoms with Gasteiger partial charge in [-0.15, -0.1) is 8.78 Å². The second-order valence-electron chi connectivity index (χ2n) is 5.59. The molecule has 0 bridgehead atoms. The number of alkyl halides is 2. The van der Waals surface area contributed by atoms with E-state index < -0.39 is 39.0 Å². The predicted molar refractivity (Wildman–Crippen MR) is 87.5 cm³/mol. The van der Waals surface area contributed by atoms with E-state index in [4.69, 9.17) is 0 Å². The van der Waals surface area contributed by atoms with Gasteiger partial charge in [0.15, 0.2) is 11.5 Å². The van der Waals surface area contributed by atoms with Crippen LogP contribution in [0.4, 0.5) is 18.9 Å². The second-order valence-corrected chi connectivity index (χ2v) is 7.27. The lowest BCUT2D eigenvalue weighted by Gasteiger charge is -2.15. The molecule has 144 valence electrons. The van der Waals surface area contributed by atoms with Gasteiger partial charge in [0.25, 0.3) is 0 Å². The Kier molecular flexibility index (Phi) is 4.74. The van der Waals surface area contributed by atoms with E-state index in [0.717, 1.165) is 18.2 Å². The number of hydrogen-bond acceptors (Lipinski definition) is 5. The molecule has 2 N–H and O–H groups in total. The molecule has 0 spiro atoms. The average molecular weight is 402 g/mol. The number of hydrogen-bond donors (Lipinski definition) is 2. The molecule has 1 heterocycles. The van der Waals surface area contributed by atoms with E-state index in [1.165, 1.54) is 31.2 Å². The van der Waals surface area contributed by atoms with Crippen molar-refractivity contribution in [1.82, 2.24) is 4.72 Å². The Bertz CT molecular complexity index is 997. The van der Waals surface area contributed by atoms with Crippen molar-refractivity contribution in [1.29, 1.82) is 0 Å². The monoisotopic (exact) mass is 402 g/mol. The van der Waals surface area contributed by atoms with Crippen molar-refractivity contribution in [2.24, 2.45) is 0 Å². The molecule has 1 atom stereocenters. The first-order valence-corrected chi connectivity index (χ1v) is 9.03. The van der Waals surface area contributed by atoms with Crippen LogP contribution in [0.2, 0.25) is 0 Å². The normalized spacial score (nSPS) is 16.0. The predicted octanol–water partition coefficient (Wildman–Crippen LogP) is 2.45. The Morgan fingerprint density at radius 1 is 1.11 bits per heavy atom. The van der Waals surface area contributed by atoms with Gasteiger partial charge in [-0.05, 0) is 31.2 Å². The van der Waals surface area contributed by atoms with Gasteiger partial charge in [-0.3, -0.25) is 4.79 Å². The SMILES string of the molecule is C[C@@H](NS(=O)(=O)c1ccccc1F)C(=O)Nc1ccc2c(c1)OC(F)(F)O2. The summed E-state index contributed by atoms with van der Waals surface area (Å²) in [6, 6.07) is 6.97. The van der Waals surface area contributed by atoms with Crippen LogP contribution < -0.4 is 19.5 Å². The van der Waals surface area contributed by atoms with Crippen LogP contribution in [0.25, 0.3) is 0 Å². The minimum absolute atomic E-state index is 0.0805. The van der Waals surface area contributed by atoms with Crippen molar-refractivity contribution >= 4 is 21.6 Å². The van der Waals surface area contributed by atoms with E-state index in [9.17, 15) is 26.4 Å². The van der Waals surface area contributed by atoms with Gasteiger partial charge >= 0.3 is 6.29 Å². The molecule has 0 unspecified atom stereocenters. The Morgan fingerprint density at radius 2 is 1.78 bits per heavy atom. The number of rotatable bonds is 5. The number of benzene rings is 2. The summed E-state index contributed by atoms with van der Waals surface area (Å²) in [4.78, 5) is 11.6. The molecular weight excluding hydrogens is 389 g/mol. The molecule has 2 aromatic carbocycles. The number of halogens is 3. The highest BCUT2D eigenvalue weighted by atomic mass is 32.2. The molecule has 3 rings (SSSR count). The summed E-state index contributed by atoms with van der Waals surface area (Å²) in [5.41, 5.74) is 0.0805. The van der Waals surface area contributed by atoms with Gasteiger partial charge in [0.2, 0.25) is 15.9 Å². The summed E-state index contributed by atoms with van der Waals surface area (Å²) in [5, 5.41) is 2.35. The highest BCUT2D eigenvalue weighted by molar-refractivity contribution is 7.89. The first-order chi connectivity index (χ1) is 12.6. The van der Waals surface area contributed by atoms with Crippen molar-refractivity contribution in [2.75, 3.05) is 5.32 Å². The van der Waals surface area contributed by atoms with Crippen LogP contribution >= 0.6 is 0 Å². The fourth-order valence-corrected chi connectivity index (χ4v) is 3.57. The third kappa shape index (κ3) is 4.14. The maximum Gasteiger partial charge on any atom is 0.586 e. The maximum atomic E-state index is 13.7. The van der Waals surface area contributed by atoms with E-state index in [1.807, 2.05) is 4.72 Å². The Hall–Kier alpha value is -2.79. The molecule has 0 aliphatic carbocycles. The van der Waals surface area contributed by atoms with Crippen molar-refractivity contribution in [2.45, 2.75) is 24.2 Å². The zero-order valence-electron chi connectivity index (χ0n) is 13.7. The number of carbonyl (C=O) groups is 1. The van der Waals surface area contributed by atoms with Crippen LogP contribution in [0.15, 0.2) is 47.4 Å². The molecule has 1 amide bonds. The van der Waals surface area contributed by atoms with Gasteiger partial charge in [0.1, 0.15) is 10.7 Å². The third-order valence-corrected chi connectivity index (χ3v) is 5.09. The van der Waals surface area contributed by atoms with Crippen molar-refractivity contribution in [3.63, 3.8) is 0 Å². The zero-order valence-corrected chi connectivity index (χ0v) is 14.5. The summed E-state index contributed by atoms with van der Waals surface area (Å²) >= 11 is 0. The molecule has 2 aromatic rings. The number of fused-ring (bicyclic) bond motifs is 1. The largest absolute Gasteiger partial charge is 0.586 e. The summed E-state index contributed by atoms with van der Waals surface area (Å²) in [7, 11) is -4.28. The van der Waals surface area contributed by atoms with Crippen molar-refractivity contribution < 1.29 is 35.9 Å². The van der Waals surface area contributed by atoms with Crippen LogP contribution in [0, 0.1) is 5.82 Å². The molecule has 0 saturated heterocycles. The lowest BCUT2D eigenvalue weighted by Crippen LogP contribution is -2.41. The van der Waals surface area contributed by atoms with E-state index in [-0.39, 0.29) is 17.2 Å². The molecule has 11 heteroatoms. The average Bonchev–Trinajstić information content (AvgIpc) is 2.87. The lowest BCUT2D eigenvalue weighted by atomic mass is 10.2. The first-order valence-electron chi connectivity index (χ1n) is 7.55. The number of sulfonamides is 1. The smallest absolute Gasteiger partial charge is 0.395 e. The molecule has 1 aliphatic heterocycles. The third-order valence-electron chi connectivity index (χ3n) is 3.52. The van der Waals surface area contributed by atoms with Gasteiger partial charge in [0, 0.05) is 11.8 Å². The summed E-state index contributed by atoms with van der Waals surface area (Å²) in [6.07, 6.45) is -3.80. The van der Waals surface area contributed by atoms with Crippen LogP contribution in [0.5, 0.6) is 11.5 Å². The fourth-order valence-electron chi connectivity index (χ4n) is 2.29. The van der Waals surface area contributed by atoms with Crippen LogP contribution in [-0.2, 0) is 14.8 Å². The summed E-state index contributed by atoms with van der Waals surface area (Å²) in [6.45, 7) is 1.24. The van der Waals surface area contributed by atoms with Gasteiger partial charge in [-0.1, -0.05) is 12.1 Å². The molecule has 27 heavy (non-hydrogen) atoms. The number of nitrogens with one attached hydrogen (secondary N) is 2. The van der Waals surface area contributed by atoms with Crippen molar-refractivity contribution in [3.05, 3.63) is 48.3 Å². The van der Waals surface area contributed by atoms with Crippen LogP contribution in [-0.4, -0.2) is 26.7 Å². The van der Waals surface area contributed by atoms with E-state index in [0.29, 0.717) is 0 Å². The van der Waals surface area contributed by atoms with Gasteiger partial charge in [0.05, 0.1) is 6.04 Å². The highest BCUT2D eigenvalue weighted by Gasteiger charge is 2.43. The standard InChI is InChI=1S/C16H13F3N2O5S/c1-9(21-27(23,24)14-5-3-2-4-11(14)17)15(22)20-10-6-7-12-13(8-10)26-16(18,19)25-12/h2-9,21H,1H3,(H,20,22)/t9-/m1/s1. The number of ether oxygens (including phenoxy) is 2. The summed E-state index contributed by atoms with van der Waals surface area (Å²) < 4.78 is 74.6. The molecule has 7 nitrogen and oxygen atoms in total. The van der Waals surface area contributed by atoms with E-state index >= 15 is 0 Å². The van der Waals surface area contributed by atoms with E-state index in [2.05, 4.69) is 14.8 Å². The topological polar surface area (TPSA) is 93.7 Å². The maximum absolute atomic E-state index is 13.7. The van der Waals surface area contributed by atoms with Gasteiger partial charge in [-0.2, -0.15) is 4.72 Å². The second kappa shape index (κ2) is 6.74. The molecule has 0 aromatic heterocycles. The minimum Gasteiger partial charge on any atom is -0.395 e. The van der Waals surface area contributed by atoms with Gasteiger partial charge in [-0.25, -0.2) is 12.8 Å². The quantitative estimate of drug-likeness (QED) is 0.801. The number of amides is 1. The Morgan fingerprint density at radius 3 is 2.48 bits per heavy atom. The molecule has 0 fully saturated rings. The Balaban J connectivity index is 1.69. The van der Waals surface area contributed by atoms with E-state index in [1.54, 1.807) is 0 Å².